The summed E-state index contributed by atoms with van der Waals surface area (Å²) in [6.07, 6.45) is 10.0. The highest BCUT2D eigenvalue weighted by molar-refractivity contribution is 7.80. The molecule has 0 aromatic heterocycles. The summed E-state index contributed by atoms with van der Waals surface area (Å²) in [5.41, 5.74) is 6.61. The highest BCUT2D eigenvalue weighted by Crippen LogP contribution is 2.37. The zero-order valence-corrected chi connectivity index (χ0v) is 12.1. The van der Waals surface area contributed by atoms with E-state index in [1.54, 1.807) is 0 Å². The van der Waals surface area contributed by atoms with Gasteiger partial charge < -0.3 is 10.6 Å². The monoisotopic (exact) mass is 254 g/mol. The standard InChI is InChI=1S/C14H26N2S/c1-14(15)10-6-4-3-5-7-12-11(14)8-9-13(17)16(12)2/h11-12H,3-10,15H2,1-2H3. The third-order valence-corrected chi connectivity index (χ3v) is 5.33. The predicted octanol–water partition coefficient (Wildman–Crippen LogP) is 3.10. The molecule has 0 spiro atoms. The number of thiocarbonyl (C=S) groups is 1. The Hall–Kier alpha value is -0.150. The van der Waals surface area contributed by atoms with Gasteiger partial charge in [-0.2, -0.15) is 0 Å². The van der Waals surface area contributed by atoms with Crippen LogP contribution in [0.1, 0.15) is 58.3 Å². The van der Waals surface area contributed by atoms with Gasteiger partial charge in [0.1, 0.15) is 0 Å². The number of hydrogen-bond acceptors (Lipinski definition) is 2. The molecule has 0 radical (unpaired) electrons. The Morgan fingerprint density at radius 3 is 2.71 bits per heavy atom. The van der Waals surface area contributed by atoms with Gasteiger partial charge in [0.15, 0.2) is 0 Å². The largest absolute Gasteiger partial charge is 0.366 e. The van der Waals surface area contributed by atoms with Crippen molar-refractivity contribution in [1.82, 2.24) is 4.90 Å². The lowest BCUT2D eigenvalue weighted by Gasteiger charge is -2.47. The SMILES string of the molecule is CN1C(=S)CCC2C1CCCCCCC2(C)N. The van der Waals surface area contributed by atoms with Gasteiger partial charge in [0.2, 0.25) is 0 Å². The van der Waals surface area contributed by atoms with E-state index in [2.05, 4.69) is 18.9 Å². The van der Waals surface area contributed by atoms with Crippen LogP contribution in [-0.2, 0) is 0 Å². The van der Waals surface area contributed by atoms with Crippen LogP contribution in [0.3, 0.4) is 0 Å². The second-order valence-corrected chi connectivity index (χ2v) is 6.65. The third kappa shape index (κ3) is 2.82. The van der Waals surface area contributed by atoms with Crippen LogP contribution in [0.15, 0.2) is 0 Å². The topological polar surface area (TPSA) is 29.3 Å². The number of nitrogens with zero attached hydrogens (tertiary/aromatic N) is 1. The molecule has 0 amide bonds. The molecule has 1 aliphatic heterocycles. The average Bonchev–Trinajstić information content (AvgIpc) is 2.34. The Morgan fingerprint density at radius 1 is 1.24 bits per heavy atom. The molecular formula is C14H26N2S. The maximum atomic E-state index is 6.61. The minimum absolute atomic E-state index is 0.000694. The first-order valence-corrected chi connectivity index (χ1v) is 7.48. The lowest BCUT2D eigenvalue weighted by Crippen LogP contribution is -2.57. The zero-order valence-electron chi connectivity index (χ0n) is 11.2. The van der Waals surface area contributed by atoms with Crippen LogP contribution in [0.4, 0.5) is 0 Å². The van der Waals surface area contributed by atoms with Crippen LogP contribution in [0.2, 0.25) is 0 Å². The van der Waals surface area contributed by atoms with Crippen LogP contribution in [0, 0.1) is 5.92 Å². The summed E-state index contributed by atoms with van der Waals surface area (Å²) in [6.45, 7) is 2.26. The lowest BCUT2D eigenvalue weighted by molar-refractivity contribution is 0.129. The Balaban J connectivity index is 2.20. The highest BCUT2D eigenvalue weighted by Gasteiger charge is 2.41. The molecule has 3 heteroatoms. The number of likely N-dealkylation sites (tertiary alicyclic amines) is 1. The van der Waals surface area contributed by atoms with Crippen LogP contribution in [0.5, 0.6) is 0 Å². The Kier molecular flexibility index (Phi) is 4.09. The third-order valence-electron chi connectivity index (χ3n) is 4.84. The van der Waals surface area contributed by atoms with Crippen molar-refractivity contribution >= 4 is 17.2 Å². The molecule has 1 saturated heterocycles. The second kappa shape index (κ2) is 5.23. The predicted molar refractivity (Wildman–Crippen MR) is 77.2 cm³/mol. The number of rotatable bonds is 0. The molecule has 0 aromatic rings. The van der Waals surface area contributed by atoms with Crippen molar-refractivity contribution in [1.29, 1.82) is 0 Å². The van der Waals surface area contributed by atoms with E-state index in [1.165, 1.54) is 44.9 Å². The summed E-state index contributed by atoms with van der Waals surface area (Å²) in [5, 5.41) is 0. The molecule has 0 aromatic carbocycles. The summed E-state index contributed by atoms with van der Waals surface area (Å²) in [4.78, 5) is 3.49. The first-order chi connectivity index (χ1) is 8.02. The molecule has 1 saturated carbocycles. The Morgan fingerprint density at radius 2 is 1.94 bits per heavy atom. The minimum Gasteiger partial charge on any atom is -0.366 e. The molecule has 1 heterocycles. The normalized spacial score (nSPS) is 40.2. The van der Waals surface area contributed by atoms with Crippen molar-refractivity contribution in [2.24, 2.45) is 11.7 Å². The first-order valence-electron chi connectivity index (χ1n) is 7.07. The molecule has 3 atom stereocenters. The van der Waals surface area contributed by atoms with Gasteiger partial charge in [-0.25, -0.2) is 0 Å². The molecule has 2 N–H and O–H groups in total. The van der Waals surface area contributed by atoms with Gasteiger partial charge in [-0.05, 0) is 38.5 Å². The van der Waals surface area contributed by atoms with Gasteiger partial charge in [0.25, 0.3) is 0 Å². The van der Waals surface area contributed by atoms with E-state index >= 15 is 0 Å². The molecule has 2 nitrogen and oxygen atoms in total. The molecule has 17 heavy (non-hydrogen) atoms. The van der Waals surface area contributed by atoms with E-state index in [9.17, 15) is 0 Å². The van der Waals surface area contributed by atoms with Crippen LogP contribution in [-0.4, -0.2) is 28.5 Å². The molecule has 2 aliphatic rings. The minimum atomic E-state index is -0.000694. The molecule has 3 unspecified atom stereocenters. The summed E-state index contributed by atoms with van der Waals surface area (Å²) >= 11 is 5.47. The number of nitrogens with two attached hydrogens (primary N) is 1. The first kappa shape index (κ1) is 13.3. The van der Waals surface area contributed by atoms with Gasteiger partial charge in [-0.1, -0.05) is 37.9 Å². The van der Waals surface area contributed by atoms with E-state index in [1.807, 2.05) is 0 Å². The average molecular weight is 254 g/mol. The van der Waals surface area contributed by atoms with Gasteiger partial charge in [0.05, 0.1) is 4.99 Å². The Labute approximate surface area is 111 Å². The number of piperidine rings is 1. The quantitative estimate of drug-likeness (QED) is 0.674. The van der Waals surface area contributed by atoms with E-state index in [4.69, 9.17) is 18.0 Å². The number of fused-ring (bicyclic) bond motifs is 1. The fourth-order valence-corrected chi connectivity index (χ4v) is 3.92. The van der Waals surface area contributed by atoms with Crippen LogP contribution in [0.25, 0.3) is 0 Å². The van der Waals surface area contributed by atoms with E-state index < -0.39 is 0 Å². The molecule has 0 bridgehead atoms. The van der Waals surface area contributed by atoms with E-state index in [0.29, 0.717) is 12.0 Å². The summed E-state index contributed by atoms with van der Waals surface area (Å²) < 4.78 is 0. The van der Waals surface area contributed by atoms with Crippen molar-refractivity contribution in [2.45, 2.75) is 69.9 Å². The van der Waals surface area contributed by atoms with Crippen LogP contribution >= 0.6 is 12.2 Å². The maximum absolute atomic E-state index is 6.61. The molecular weight excluding hydrogens is 228 g/mol. The number of hydrogen-bond donors (Lipinski definition) is 1. The van der Waals surface area contributed by atoms with Crippen LogP contribution < -0.4 is 5.73 Å². The fraction of sp³-hybridized carbons (Fsp3) is 0.929. The molecule has 2 fully saturated rings. The van der Waals surface area contributed by atoms with Crippen molar-refractivity contribution in [3.05, 3.63) is 0 Å². The van der Waals surface area contributed by atoms with Gasteiger partial charge in [0, 0.05) is 18.6 Å². The fourth-order valence-electron chi connectivity index (χ4n) is 3.66. The van der Waals surface area contributed by atoms with Crippen molar-refractivity contribution in [3.8, 4) is 0 Å². The molecule has 1 aliphatic carbocycles. The van der Waals surface area contributed by atoms with Crippen molar-refractivity contribution in [2.75, 3.05) is 7.05 Å². The van der Waals surface area contributed by atoms with Gasteiger partial charge >= 0.3 is 0 Å². The van der Waals surface area contributed by atoms with E-state index in [0.717, 1.165) is 11.4 Å². The van der Waals surface area contributed by atoms with Crippen molar-refractivity contribution < 1.29 is 0 Å². The van der Waals surface area contributed by atoms with E-state index in [-0.39, 0.29) is 5.54 Å². The summed E-state index contributed by atoms with van der Waals surface area (Å²) in [7, 11) is 2.17. The van der Waals surface area contributed by atoms with Gasteiger partial charge in [-0.15, -0.1) is 0 Å². The smallest absolute Gasteiger partial charge is 0.0779 e. The lowest BCUT2D eigenvalue weighted by atomic mass is 9.72. The summed E-state index contributed by atoms with van der Waals surface area (Å²) in [6, 6.07) is 0.587. The maximum Gasteiger partial charge on any atom is 0.0779 e. The highest BCUT2D eigenvalue weighted by atomic mass is 32.1. The van der Waals surface area contributed by atoms with Gasteiger partial charge in [-0.3, -0.25) is 0 Å². The zero-order chi connectivity index (χ0) is 12.5. The Bertz CT molecular complexity index is 288. The van der Waals surface area contributed by atoms with Crippen molar-refractivity contribution in [3.63, 3.8) is 0 Å². The summed E-state index contributed by atoms with van der Waals surface area (Å²) in [5.74, 6) is 0.622. The molecule has 2 rings (SSSR count). The molecule has 98 valence electrons. The second-order valence-electron chi connectivity index (χ2n) is 6.18.